The summed E-state index contributed by atoms with van der Waals surface area (Å²) in [7, 11) is 0. The molecule has 21 heavy (non-hydrogen) atoms. The Hall–Kier alpha value is -1.76. The third-order valence-electron chi connectivity index (χ3n) is 2.77. The van der Waals surface area contributed by atoms with Crippen molar-refractivity contribution in [3.05, 3.63) is 41.5 Å². The summed E-state index contributed by atoms with van der Waals surface area (Å²) in [5.74, 6) is 5.11. The van der Waals surface area contributed by atoms with E-state index in [2.05, 4.69) is 10.4 Å². The number of esters is 1. The van der Waals surface area contributed by atoms with Gasteiger partial charge in [0.1, 0.15) is 11.6 Å². The van der Waals surface area contributed by atoms with E-state index in [9.17, 15) is 4.79 Å². The van der Waals surface area contributed by atoms with Crippen LogP contribution in [-0.2, 0) is 9.53 Å². The summed E-state index contributed by atoms with van der Waals surface area (Å²) in [5, 5.41) is 0. The molecule has 1 unspecified atom stereocenters. The number of hydrogen-bond acceptors (Lipinski definition) is 6. The Morgan fingerprint density at radius 1 is 1.33 bits per heavy atom. The second-order valence-corrected chi connectivity index (χ2v) is 6.51. The fourth-order valence-electron chi connectivity index (χ4n) is 1.86. The monoisotopic (exact) mass is 305 g/mol. The molecule has 5 nitrogen and oxygen atoms in total. The van der Waals surface area contributed by atoms with E-state index in [0.29, 0.717) is 0 Å². The fourth-order valence-corrected chi connectivity index (χ4v) is 2.49. The van der Waals surface area contributed by atoms with Crippen molar-refractivity contribution in [2.45, 2.75) is 32.4 Å². The molecule has 0 aliphatic heterocycles. The summed E-state index contributed by atoms with van der Waals surface area (Å²) in [4.78, 5) is 17.3. The van der Waals surface area contributed by atoms with Crippen molar-refractivity contribution in [1.82, 2.24) is 10.4 Å². The molecule has 0 saturated heterocycles. The van der Waals surface area contributed by atoms with Crippen LogP contribution < -0.4 is 11.3 Å². The Balaban J connectivity index is 2.17. The van der Waals surface area contributed by atoms with Gasteiger partial charge in [-0.3, -0.25) is 10.8 Å². The van der Waals surface area contributed by atoms with E-state index in [1.165, 1.54) is 0 Å². The molecule has 1 aromatic carbocycles. The van der Waals surface area contributed by atoms with Crippen LogP contribution in [0.1, 0.15) is 32.4 Å². The molecule has 3 N–H and O–H groups in total. The highest BCUT2D eigenvalue weighted by molar-refractivity contribution is 7.13. The van der Waals surface area contributed by atoms with Gasteiger partial charge >= 0.3 is 5.97 Å². The van der Waals surface area contributed by atoms with Gasteiger partial charge in [0, 0.05) is 6.20 Å². The smallest absolute Gasteiger partial charge is 0.329 e. The number of rotatable bonds is 4. The minimum Gasteiger partial charge on any atom is -0.459 e. The molecular formula is C15H19N3O2S. The highest BCUT2D eigenvalue weighted by Gasteiger charge is 2.25. The van der Waals surface area contributed by atoms with E-state index in [1.807, 2.05) is 51.2 Å². The third-order valence-corrected chi connectivity index (χ3v) is 3.59. The largest absolute Gasteiger partial charge is 0.459 e. The van der Waals surface area contributed by atoms with Gasteiger partial charge in [-0.2, -0.15) is 0 Å². The fraction of sp³-hybridized carbons (Fsp3) is 0.333. The van der Waals surface area contributed by atoms with E-state index in [0.717, 1.165) is 16.0 Å². The molecule has 0 spiro atoms. The zero-order valence-electron chi connectivity index (χ0n) is 12.3. The van der Waals surface area contributed by atoms with Crippen LogP contribution in [0.5, 0.6) is 0 Å². The minimum atomic E-state index is -0.681. The quantitative estimate of drug-likeness (QED) is 0.516. The summed E-state index contributed by atoms with van der Waals surface area (Å²) >= 11 is 1.57. The number of nitrogens with one attached hydrogen (secondary N) is 1. The van der Waals surface area contributed by atoms with Crippen LogP contribution in [0, 0.1) is 0 Å². The molecule has 0 bridgehead atoms. The molecular weight excluding hydrogens is 286 g/mol. The van der Waals surface area contributed by atoms with Crippen LogP contribution >= 0.6 is 11.3 Å². The van der Waals surface area contributed by atoms with Crippen molar-refractivity contribution in [2.24, 2.45) is 5.84 Å². The first-order valence-corrected chi connectivity index (χ1v) is 7.46. The van der Waals surface area contributed by atoms with E-state index < -0.39 is 17.6 Å². The molecule has 1 aromatic heterocycles. The number of carbonyl (C=O) groups is 1. The Labute approximate surface area is 128 Å². The topological polar surface area (TPSA) is 77.2 Å². The average molecular weight is 305 g/mol. The summed E-state index contributed by atoms with van der Waals surface area (Å²) in [6.07, 6.45) is 1.81. The first-order chi connectivity index (χ1) is 9.90. The first kappa shape index (κ1) is 15.6. The van der Waals surface area contributed by atoms with Crippen molar-refractivity contribution in [1.29, 1.82) is 0 Å². The van der Waals surface area contributed by atoms with Crippen LogP contribution in [0.15, 0.2) is 36.0 Å². The van der Waals surface area contributed by atoms with Crippen LogP contribution in [0.4, 0.5) is 0 Å². The Bertz CT molecular complexity index is 588. The summed E-state index contributed by atoms with van der Waals surface area (Å²) in [6, 6.07) is 6.93. The van der Waals surface area contributed by atoms with Crippen molar-refractivity contribution in [3.63, 3.8) is 0 Å². The lowest BCUT2D eigenvalue weighted by Crippen LogP contribution is -2.38. The number of thiazole rings is 1. The lowest BCUT2D eigenvalue weighted by atomic mass is 10.0. The minimum absolute atomic E-state index is 0.393. The number of ether oxygens (including phenoxy) is 1. The Kier molecular flexibility index (Phi) is 4.72. The van der Waals surface area contributed by atoms with Crippen molar-refractivity contribution >= 4 is 17.3 Å². The summed E-state index contributed by atoms with van der Waals surface area (Å²) < 4.78 is 5.36. The van der Waals surface area contributed by atoms with Crippen LogP contribution in [0.2, 0.25) is 0 Å². The highest BCUT2D eigenvalue weighted by Crippen LogP contribution is 2.25. The summed E-state index contributed by atoms with van der Waals surface area (Å²) in [5.41, 5.74) is 5.57. The van der Waals surface area contributed by atoms with Crippen molar-refractivity contribution < 1.29 is 9.53 Å². The Morgan fingerprint density at radius 3 is 2.48 bits per heavy atom. The van der Waals surface area contributed by atoms with Gasteiger partial charge in [-0.25, -0.2) is 10.2 Å². The molecule has 1 heterocycles. The lowest BCUT2D eigenvalue weighted by Gasteiger charge is -2.23. The van der Waals surface area contributed by atoms with Gasteiger partial charge in [0.05, 0.1) is 10.4 Å². The van der Waals surface area contributed by atoms with Gasteiger partial charge < -0.3 is 4.74 Å². The maximum Gasteiger partial charge on any atom is 0.329 e. The molecule has 0 aliphatic carbocycles. The molecule has 112 valence electrons. The van der Waals surface area contributed by atoms with Crippen molar-refractivity contribution in [2.75, 3.05) is 0 Å². The second-order valence-electron chi connectivity index (χ2n) is 5.62. The maximum atomic E-state index is 12.1. The van der Waals surface area contributed by atoms with Crippen LogP contribution in [0.25, 0.3) is 10.4 Å². The molecule has 0 radical (unpaired) electrons. The predicted molar refractivity (Wildman–Crippen MR) is 83.5 cm³/mol. The third kappa shape index (κ3) is 4.10. The van der Waals surface area contributed by atoms with Crippen LogP contribution in [0.3, 0.4) is 0 Å². The molecule has 0 saturated carbocycles. The number of carbonyl (C=O) groups excluding carboxylic acids is 1. The van der Waals surface area contributed by atoms with E-state index in [1.54, 1.807) is 16.8 Å². The average Bonchev–Trinajstić information content (AvgIpc) is 2.92. The van der Waals surface area contributed by atoms with Crippen molar-refractivity contribution in [3.8, 4) is 10.4 Å². The number of benzene rings is 1. The molecule has 2 rings (SSSR count). The maximum absolute atomic E-state index is 12.1. The van der Waals surface area contributed by atoms with Gasteiger partial charge in [-0.05, 0) is 31.9 Å². The van der Waals surface area contributed by atoms with Gasteiger partial charge in [-0.1, -0.05) is 24.3 Å². The van der Waals surface area contributed by atoms with E-state index >= 15 is 0 Å². The normalized spacial score (nSPS) is 13.0. The van der Waals surface area contributed by atoms with E-state index in [4.69, 9.17) is 10.6 Å². The lowest BCUT2D eigenvalue weighted by molar-refractivity contribution is -0.157. The molecule has 0 fully saturated rings. The molecule has 2 aromatic rings. The second kappa shape index (κ2) is 6.34. The SMILES string of the molecule is CC(C)(C)OC(=O)C(NN)c1ccc(-c2cncs2)cc1. The number of hydrazine groups is 1. The number of aromatic nitrogens is 1. The first-order valence-electron chi connectivity index (χ1n) is 6.58. The Morgan fingerprint density at radius 2 is 2.00 bits per heavy atom. The molecule has 0 aliphatic rings. The van der Waals surface area contributed by atoms with E-state index in [-0.39, 0.29) is 0 Å². The highest BCUT2D eigenvalue weighted by atomic mass is 32.1. The number of hydrogen-bond donors (Lipinski definition) is 2. The molecule has 1 atom stereocenters. The van der Waals surface area contributed by atoms with Gasteiger partial charge in [0.25, 0.3) is 0 Å². The van der Waals surface area contributed by atoms with Gasteiger partial charge in [-0.15, -0.1) is 11.3 Å². The van der Waals surface area contributed by atoms with Gasteiger partial charge in [0.2, 0.25) is 0 Å². The predicted octanol–water partition coefficient (Wildman–Crippen LogP) is 2.66. The number of nitrogens with two attached hydrogens (primary N) is 1. The standard InChI is InChI=1S/C15H19N3O2S/c1-15(2,3)20-14(19)13(18-16)11-6-4-10(5-7-11)12-8-17-9-21-12/h4-9,13,18H,16H2,1-3H3. The zero-order valence-corrected chi connectivity index (χ0v) is 13.1. The molecule has 0 amide bonds. The number of nitrogens with zero attached hydrogens (tertiary/aromatic N) is 1. The summed E-state index contributed by atoms with van der Waals surface area (Å²) in [6.45, 7) is 5.47. The molecule has 6 heteroatoms. The van der Waals surface area contributed by atoms with Gasteiger partial charge in [0.15, 0.2) is 0 Å². The zero-order chi connectivity index (χ0) is 15.5. The van der Waals surface area contributed by atoms with Crippen LogP contribution in [-0.4, -0.2) is 16.6 Å².